The number of carbonyl (C=O) groups is 2. The van der Waals surface area contributed by atoms with Gasteiger partial charge in [0.05, 0.1) is 49.8 Å². The number of aromatic nitrogens is 3. The van der Waals surface area contributed by atoms with E-state index in [9.17, 15) is 20.0 Å². The first kappa shape index (κ1) is 38.0. The zero-order chi connectivity index (χ0) is 40.1. The molecule has 1 N–H and O–H groups in total. The van der Waals surface area contributed by atoms with Crippen LogP contribution in [0.5, 0.6) is 11.5 Å². The molecule has 4 heterocycles. The van der Waals surface area contributed by atoms with Crippen LogP contribution in [0.1, 0.15) is 30.2 Å². The Morgan fingerprint density at radius 3 is 2.49 bits per heavy atom. The number of carbonyl (C=O) groups excluding carboxylic acids is 2. The number of methoxy groups -OCH3 is 1. The molecule has 0 saturated carbocycles. The van der Waals surface area contributed by atoms with Gasteiger partial charge in [-0.05, 0) is 60.0 Å². The molecule has 1 fully saturated rings. The van der Waals surface area contributed by atoms with Crippen molar-refractivity contribution in [2.24, 2.45) is 5.92 Å². The number of nitro groups is 1. The van der Waals surface area contributed by atoms with Crippen LogP contribution < -0.4 is 24.5 Å². The molecule has 3 aliphatic rings. The van der Waals surface area contributed by atoms with Gasteiger partial charge in [0.25, 0.3) is 17.5 Å². The number of nitro benzene ring substituents is 1. The Bertz CT molecular complexity index is 2330. The van der Waals surface area contributed by atoms with Gasteiger partial charge in [-0.15, -0.1) is 5.10 Å². The predicted octanol–water partition coefficient (Wildman–Crippen LogP) is 5.64. The minimum absolute atomic E-state index is 0.0371. The normalized spacial score (nSPS) is 21.5. The van der Waals surface area contributed by atoms with Gasteiger partial charge in [-0.3, -0.25) is 29.3 Å². The van der Waals surface area contributed by atoms with E-state index in [1.165, 1.54) is 17.3 Å². The number of para-hydroxylation sites is 2. The molecule has 3 aliphatic heterocycles. The lowest BCUT2D eigenvalue weighted by Gasteiger charge is -2.37. The first-order valence-corrected chi connectivity index (χ1v) is 22.1. The van der Waals surface area contributed by atoms with Crippen molar-refractivity contribution in [1.29, 1.82) is 0 Å². The smallest absolute Gasteiger partial charge is 0.269 e. The molecule has 1 spiro atoms. The Labute approximate surface area is 330 Å². The molecule has 57 heavy (non-hydrogen) atoms. The monoisotopic (exact) mass is 788 g/mol. The van der Waals surface area contributed by atoms with Gasteiger partial charge in [-0.1, -0.05) is 66.8 Å². The minimum atomic E-state index is -2.49. The molecule has 4 aromatic carbocycles. The average Bonchev–Trinajstić information content (AvgIpc) is 3.87. The number of aryl methyl sites for hydroxylation is 1. The van der Waals surface area contributed by atoms with Crippen molar-refractivity contribution in [2.45, 2.75) is 63.2 Å². The predicted molar refractivity (Wildman–Crippen MR) is 215 cm³/mol. The maximum absolute atomic E-state index is 15.3. The molecule has 0 aliphatic carbocycles. The number of aliphatic hydroxyl groups is 1. The summed E-state index contributed by atoms with van der Waals surface area (Å²) in [5, 5.41) is 31.3. The molecule has 5 aromatic rings. The summed E-state index contributed by atoms with van der Waals surface area (Å²) < 4.78 is 20.0. The molecular weight excluding hydrogens is 745 g/mol. The van der Waals surface area contributed by atoms with Gasteiger partial charge in [-0.25, -0.2) is 0 Å². The van der Waals surface area contributed by atoms with Crippen molar-refractivity contribution < 1.29 is 33.8 Å². The van der Waals surface area contributed by atoms with E-state index in [4.69, 9.17) is 14.2 Å². The number of ether oxygens (including phenoxy) is 3. The Morgan fingerprint density at radius 1 is 1.02 bits per heavy atom. The summed E-state index contributed by atoms with van der Waals surface area (Å²) in [5.74, 6) is 0.521. The fraction of sp³-hybridized carbons (Fsp3) is 0.333. The number of anilines is 3. The molecule has 0 unspecified atom stereocenters. The van der Waals surface area contributed by atoms with Crippen molar-refractivity contribution in [3.05, 3.63) is 124 Å². The first-order valence-electron chi connectivity index (χ1n) is 19.0. The summed E-state index contributed by atoms with van der Waals surface area (Å²) in [7, 11) is -0.856. The highest BCUT2D eigenvalue weighted by atomic mass is 28.3. The van der Waals surface area contributed by atoms with E-state index in [2.05, 4.69) is 35.5 Å². The summed E-state index contributed by atoms with van der Waals surface area (Å²) >= 11 is 0. The van der Waals surface area contributed by atoms with E-state index in [1.54, 1.807) is 27.7 Å². The summed E-state index contributed by atoms with van der Waals surface area (Å²) in [4.78, 5) is 43.4. The topological polar surface area (TPSA) is 162 Å². The zero-order valence-electron chi connectivity index (χ0n) is 32.2. The number of nitrogens with zero attached hydrogens (tertiary/aromatic N) is 6. The molecule has 1 aromatic heterocycles. The summed E-state index contributed by atoms with van der Waals surface area (Å²) in [5.41, 5.74) is 2.13. The van der Waals surface area contributed by atoms with Crippen molar-refractivity contribution in [3.63, 3.8) is 0 Å². The van der Waals surface area contributed by atoms with Crippen LogP contribution in [-0.4, -0.2) is 71.3 Å². The summed E-state index contributed by atoms with van der Waals surface area (Å²) in [6.07, 6.45) is 2.29. The zero-order valence-corrected chi connectivity index (χ0v) is 33.2. The molecule has 294 valence electrons. The number of benzene rings is 4. The summed E-state index contributed by atoms with van der Waals surface area (Å²) in [6, 6.07) is 27.5. The third-order valence-electron chi connectivity index (χ3n) is 11.9. The lowest BCUT2D eigenvalue weighted by Crippen LogP contribution is -2.51. The van der Waals surface area contributed by atoms with E-state index < -0.39 is 24.7 Å². The van der Waals surface area contributed by atoms with Gasteiger partial charge in [0.1, 0.15) is 11.5 Å². The number of aliphatic hydroxyl groups excluding tert-OH is 1. The highest BCUT2D eigenvalue weighted by molar-refractivity contribution is 6.91. The van der Waals surface area contributed by atoms with Gasteiger partial charge in [-0.2, -0.15) is 0 Å². The largest absolute Gasteiger partial charge is 0.497 e. The number of non-ortho nitro benzene ring substituents is 1. The Hall–Kier alpha value is -5.90. The van der Waals surface area contributed by atoms with Crippen LogP contribution in [0.25, 0.3) is 0 Å². The molecule has 4 atom stereocenters. The van der Waals surface area contributed by atoms with Gasteiger partial charge in [0.2, 0.25) is 0 Å². The van der Waals surface area contributed by atoms with Crippen LogP contribution in [0.3, 0.4) is 0 Å². The fourth-order valence-corrected chi connectivity index (χ4v) is 13.2. The van der Waals surface area contributed by atoms with Crippen molar-refractivity contribution in [3.8, 4) is 11.5 Å². The van der Waals surface area contributed by atoms with Crippen LogP contribution in [0.15, 0.2) is 97.2 Å². The second kappa shape index (κ2) is 14.9. The lowest BCUT2D eigenvalue weighted by atomic mass is 9.82. The van der Waals surface area contributed by atoms with Gasteiger partial charge >= 0.3 is 0 Å². The van der Waals surface area contributed by atoms with Crippen molar-refractivity contribution in [1.82, 2.24) is 15.0 Å². The molecule has 8 rings (SSSR count). The first-order chi connectivity index (χ1) is 27.5. The number of hydrogen-bond acceptors (Lipinski definition) is 10. The quantitative estimate of drug-likeness (QED) is 0.0952. The molecule has 15 heteroatoms. The van der Waals surface area contributed by atoms with E-state index in [-0.39, 0.29) is 48.7 Å². The van der Waals surface area contributed by atoms with Crippen LogP contribution >= 0.6 is 0 Å². The van der Waals surface area contributed by atoms with Crippen molar-refractivity contribution in [2.75, 3.05) is 30.1 Å². The van der Waals surface area contributed by atoms with Crippen LogP contribution in [0.4, 0.5) is 22.7 Å². The number of hydrogen-bond donors (Lipinski definition) is 1. The van der Waals surface area contributed by atoms with E-state index in [0.29, 0.717) is 53.5 Å². The maximum Gasteiger partial charge on any atom is 0.269 e. The minimum Gasteiger partial charge on any atom is -0.497 e. The lowest BCUT2D eigenvalue weighted by molar-refractivity contribution is -0.385. The Morgan fingerprint density at radius 2 is 1.77 bits per heavy atom. The molecule has 14 nitrogen and oxygen atoms in total. The van der Waals surface area contributed by atoms with Crippen LogP contribution in [0, 0.1) is 16.0 Å². The van der Waals surface area contributed by atoms with Gasteiger partial charge in [0, 0.05) is 55.1 Å². The van der Waals surface area contributed by atoms with E-state index in [0.717, 1.165) is 11.3 Å². The molecular formula is C42H44N6O8Si. The highest BCUT2D eigenvalue weighted by Gasteiger charge is 2.66. The van der Waals surface area contributed by atoms with E-state index >= 15 is 4.79 Å². The van der Waals surface area contributed by atoms with Crippen LogP contribution in [0.2, 0.25) is 18.6 Å². The van der Waals surface area contributed by atoms with E-state index in [1.807, 2.05) is 73.8 Å². The molecule has 2 amide bonds. The van der Waals surface area contributed by atoms with Crippen LogP contribution in [-0.2, 0) is 39.4 Å². The second-order valence-electron chi connectivity index (χ2n) is 15.4. The summed E-state index contributed by atoms with van der Waals surface area (Å²) in [6.45, 7) is 7.14. The SMILES string of the molecule is COc1ccc([Si](C)(C)[C@H]2[C@H](CCn3cc(CCO)nn3)O[C@@]3(C(=O)N(Cc4ccc(N5C(=O)COc6ccccc65)cc4)c4ccc([N+](=O)[O-])cc43)[C@@H]2C)cc1. The number of rotatable bonds is 12. The van der Waals surface area contributed by atoms with Gasteiger partial charge < -0.3 is 24.2 Å². The second-order valence-corrected chi connectivity index (χ2v) is 20.1. The average molecular weight is 789 g/mol. The highest BCUT2D eigenvalue weighted by Crippen LogP contribution is 2.60. The standard InChI is InChI=1S/C42H44N6O8Si/c1-27-40(57(3,4)33-16-14-32(54-2)15-17-33)38(19-21-45-25-29(20-22-49)43-44-45)56-42(27)34-23-31(48(52)53)13-18-35(34)46(41(42)51)24-28-9-11-30(12-10-28)47-36-7-5-6-8-37(36)55-26-39(47)50/h5-18,23,25,27,38,40,49H,19-22,24,26H2,1-4H3/t27-,38+,40-,42+/m1/s1. The molecule has 1 saturated heterocycles. The van der Waals surface area contributed by atoms with Gasteiger partial charge in [0.15, 0.2) is 12.2 Å². The van der Waals surface area contributed by atoms with Crippen molar-refractivity contribution >= 4 is 47.8 Å². The number of fused-ring (bicyclic) bond motifs is 3. The third-order valence-corrected chi connectivity index (χ3v) is 16.2. The fourth-order valence-electron chi connectivity index (χ4n) is 9.10. The Kier molecular flexibility index (Phi) is 9.92. The molecule has 0 radical (unpaired) electrons. The molecule has 0 bridgehead atoms. The number of amides is 2. The Balaban J connectivity index is 1.16. The maximum atomic E-state index is 15.3. The third kappa shape index (κ3) is 6.54.